The lowest BCUT2D eigenvalue weighted by molar-refractivity contribution is -0.0489. The van der Waals surface area contributed by atoms with Crippen LogP contribution in [0.1, 0.15) is 47.0 Å². The highest BCUT2D eigenvalue weighted by molar-refractivity contribution is 4.90. The van der Waals surface area contributed by atoms with Gasteiger partial charge in [-0.25, -0.2) is 0 Å². The molecule has 4 unspecified atom stereocenters. The second kappa shape index (κ2) is 5.50. The molecular formula is C14H28O2. The van der Waals surface area contributed by atoms with Crippen LogP contribution in [0.4, 0.5) is 0 Å². The van der Waals surface area contributed by atoms with Crippen LogP contribution in [0.2, 0.25) is 0 Å². The molecule has 96 valence electrons. The largest absolute Gasteiger partial charge is 0.393 e. The van der Waals surface area contributed by atoms with Gasteiger partial charge in [0, 0.05) is 13.7 Å². The van der Waals surface area contributed by atoms with Gasteiger partial charge in [-0.3, -0.25) is 0 Å². The summed E-state index contributed by atoms with van der Waals surface area (Å²) in [5, 5.41) is 10.3. The molecule has 0 bridgehead atoms. The first-order chi connectivity index (χ1) is 7.39. The summed E-state index contributed by atoms with van der Waals surface area (Å²) in [6.45, 7) is 9.81. The second-order valence-corrected chi connectivity index (χ2v) is 6.27. The lowest BCUT2D eigenvalue weighted by Crippen LogP contribution is -2.43. The van der Waals surface area contributed by atoms with Crippen LogP contribution in [0.25, 0.3) is 0 Å². The molecule has 1 aliphatic rings. The molecule has 0 aromatic heterocycles. The van der Waals surface area contributed by atoms with Gasteiger partial charge >= 0.3 is 0 Å². The zero-order valence-electron chi connectivity index (χ0n) is 11.5. The minimum atomic E-state index is -0.127. The normalized spacial score (nSPS) is 33.8. The molecule has 0 spiro atoms. The molecule has 0 saturated heterocycles. The van der Waals surface area contributed by atoms with Crippen LogP contribution in [0.5, 0.6) is 0 Å². The van der Waals surface area contributed by atoms with Crippen LogP contribution in [-0.4, -0.2) is 24.9 Å². The molecule has 0 aromatic rings. The van der Waals surface area contributed by atoms with E-state index in [0.29, 0.717) is 17.8 Å². The molecular weight excluding hydrogens is 200 g/mol. The molecule has 0 amide bonds. The Bertz CT molecular complexity index is 213. The summed E-state index contributed by atoms with van der Waals surface area (Å²) in [4.78, 5) is 0. The average Bonchev–Trinajstić information content (AvgIpc) is 2.17. The first-order valence-electron chi connectivity index (χ1n) is 6.56. The zero-order valence-corrected chi connectivity index (χ0v) is 11.5. The number of aliphatic hydroxyl groups is 1. The minimum absolute atomic E-state index is 0.127. The summed E-state index contributed by atoms with van der Waals surface area (Å²) >= 11 is 0. The number of hydrogen-bond acceptors (Lipinski definition) is 2. The molecule has 1 saturated carbocycles. The third-order valence-electron chi connectivity index (χ3n) is 4.72. The van der Waals surface area contributed by atoms with Crippen molar-refractivity contribution in [2.45, 2.75) is 53.1 Å². The molecule has 1 aliphatic carbocycles. The summed E-state index contributed by atoms with van der Waals surface area (Å²) < 4.78 is 5.26. The minimum Gasteiger partial charge on any atom is -0.393 e. The maximum absolute atomic E-state index is 10.3. The first-order valence-corrected chi connectivity index (χ1v) is 6.56. The van der Waals surface area contributed by atoms with Gasteiger partial charge in [0.15, 0.2) is 0 Å². The Balaban J connectivity index is 2.67. The van der Waals surface area contributed by atoms with Gasteiger partial charge in [-0.1, -0.05) is 34.1 Å². The summed E-state index contributed by atoms with van der Waals surface area (Å²) in [7, 11) is 1.76. The van der Waals surface area contributed by atoms with Gasteiger partial charge in [0.2, 0.25) is 0 Å². The van der Waals surface area contributed by atoms with Crippen LogP contribution >= 0.6 is 0 Å². The molecule has 0 radical (unpaired) electrons. The van der Waals surface area contributed by atoms with Gasteiger partial charge in [0.1, 0.15) is 0 Å². The number of methoxy groups -OCH3 is 1. The maximum Gasteiger partial charge on any atom is 0.0576 e. The Hall–Kier alpha value is -0.0800. The maximum atomic E-state index is 10.3. The molecule has 0 aliphatic heterocycles. The SMILES string of the molecule is COCC(C)C(C)(C)C1CCC(C)CC1O. The predicted molar refractivity (Wildman–Crippen MR) is 67.3 cm³/mol. The summed E-state index contributed by atoms with van der Waals surface area (Å²) in [6.07, 6.45) is 3.25. The summed E-state index contributed by atoms with van der Waals surface area (Å²) in [5.41, 5.74) is 0.162. The van der Waals surface area contributed by atoms with Gasteiger partial charge in [-0.2, -0.15) is 0 Å². The Kier molecular flexibility index (Phi) is 4.81. The monoisotopic (exact) mass is 228 g/mol. The smallest absolute Gasteiger partial charge is 0.0576 e. The zero-order chi connectivity index (χ0) is 12.3. The highest BCUT2D eigenvalue weighted by atomic mass is 16.5. The topological polar surface area (TPSA) is 29.5 Å². The van der Waals surface area contributed by atoms with Crippen molar-refractivity contribution < 1.29 is 9.84 Å². The first kappa shape index (κ1) is 14.0. The molecule has 2 nitrogen and oxygen atoms in total. The van der Waals surface area contributed by atoms with Crippen LogP contribution in [-0.2, 0) is 4.74 Å². The molecule has 16 heavy (non-hydrogen) atoms. The van der Waals surface area contributed by atoms with Crippen molar-refractivity contribution in [3.63, 3.8) is 0 Å². The van der Waals surface area contributed by atoms with Crippen LogP contribution in [0.15, 0.2) is 0 Å². The summed E-state index contributed by atoms with van der Waals surface area (Å²) in [6, 6.07) is 0. The van der Waals surface area contributed by atoms with E-state index in [1.165, 1.54) is 6.42 Å². The van der Waals surface area contributed by atoms with E-state index in [1.54, 1.807) is 7.11 Å². The fraction of sp³-hybridized carbons (Fsp3) is 1.00. The molecule has 1 rings (SSSR count). The Labute approximate surface area is 100 Å². The Morgan fingerprint density at radius 2 is 2.00 bits per heavy atom. The van der Waals surface area contributed by atoms with Gasteiger partial charge in [-0.05, 0) is 36.0 Å². The highest BCUT2D eigenvalue weighted by Crippen LogP contribution is 2.44. The van der Waals surface area contributed by atoms with Crippen LogP contribution < -0.4 is 0 Å². The molecule has 1 fully saturated rings. The van der Waals surface area contributed by atoms with Crippen molar-refractivity contribution in [1.82, 2.24) is 0 Å². The van der Waals surface area contributed by atoms with Crippen LogP contribution in [0.3, 0.4) is 0 Å². The van der Waals surface area contributed by atoms with Crippen molar-refractivity contribution >= 4 is 0 Å². The fourth-order valence-electron chi connectivity index (χ4n) is 3.05. The lowest BCUT2D eigenvalue weighted by Gasteiger charge is -2.45. The predicted octanol–water partition coefficient (Wildman–Crippen LogP) is 3.09. The Morgan fingerprint density at radius 3 is 2.50 bits per heavy atom. The van der Waals surface area contributed by atoms with E-state index in [4.69, 9.17) is 4.74 Å². The van der Waals surface area contributed by atoms with Crippen molar-refractivity contribution in [1.29, 1.82) is 0 Å². The third kappa shape index (κ3) is 2.98. The van der Waals surface area contributed by atoms with Gasteiger partial charge in [0.05, 0.1) is 6.10 Å². The number of rotatable bonds is 4. The average molecular weight is 228 g/mol. The fourth-order valence-corrected chi connectivity index (χ4v) is 3.05. The molecule has 1 N–H and O–H groups in total. The van der Waals surface area contributed by atoms with Crippen molar-refractivity contribution in [2.24, 2.45) is 23.2 Å². The standard InChI is InChI=1S/C14H28O2/c1-10-6-7-12(13(15)8-10)14(3,4)11(2)9-16-5/h10-13,15H,6-9H2,1-5H3. The van der Waals surface area contributed by atoms with E-state index < -0.39 is 0 Å². The van der Waals surface area contributed by atoms with Crippen molar-refractivity contribution in [3.05, 3.63) is 0 Å². The van der Waals surface area contributed by atoms with Crippen molar-refractivity contribution in [2.75, 3.05) is 13.7 Å². The van der Waals surface area contributed by atoms with E-state index in [-0.39, 0.29) is 11.5 Å². The van der Waals surface area contributed by atoms with Gasteiger partial charge in [0.25, 0.3) is 0 Å². The quantitative estimate of drug-likeness (QED) is 0.801. The van der Waals surface area contributed by atoms with Gasteiger partial charge in [-0.15, -0.1) is 0 Å². The highest BCUT2D eigenvalue weighted by Gasteiger charge is 2.41. The van der Waals surface area contributed by atoms with E-state index in [0.717, 1.165) is 19.4 Å². The van der Waals surface area contributed by atoms with E-state index in [9.17, 15) is 5.11 Å². The molecule has 4 atom stereocenters. The number of aliphatic hydroxyl groups excluding tert-OH is 1. The number of ether oxygens (including phenoxy) is 1. The van der Waals surface area contributed by atoms with Gasteiger partial charge < -0.3 is 9.84 Å². The van der Waals surface area contributed by atoms with E-state index >= 15 is 0 Å². The molecule has 0 aromatic carbocycles. The third-order valence-corrected chi connectivity index (χ3v) is 4.72. The van der Waals surface area contributed by atoms with E-state index in [1.807, 2.05) is 0 Å². The molecule has 0 heterocycles. The van der Waals surface area contributed by atoms with Crippen LogP contribution in [0, 0.1) is 23.2 Å². The molecule has 2 heteroatoms. The Morgan fingerprint density at radius 1 is 1.38 bits per heavy atom. The lowest BCUT2D eigenvalue weighted by atomic mass is 9.62. The van der Waals surface area contributed by atoms with Crippen molar-refractivity contribution in [3.8, 4) is 0 Å². The second-order valence-electron chi connectivity index (χ2n) is 6.27. The number of hydrogen-bond donors (Lipinski definition) is 1. The summed E-state index contributed by atoms with van der Waals surface area (Å²) in [5.74, 6) is 1.60. The van der Waals surface area contributed by atoms with E-state index in [2.05, 4.69) is 27.7 Å².